The number of pyridine rings is 2. The number of phenolic OH excluding ortho intramolecular Hbond substituents is 1. The number of phenols is 1. The molecular weight excluding hydrogens is 358 g/mol. The molecule has 1 atom stereocenters. The summed E-state index contributed by atoms with van der Waals surface area (Å²) >= 11 is 6.11. The number of benzene rings is 2. The number of rotatable bonds is 4. The number of nitrogens with one attached hydrogen (secondary N) is 1. The number of aryl methyl sites for hydroxylation is 1. The van der Waals surface area contributed by atoms with E-state index in [0.717, 1.165) is 16.5 Å². The third-order valence-corrected chi connectivity index (χ3v) is 4.75. The maximum absolute atomic E-state index is 10.9. The predicted octanol–water partition coefficient (Wildman–Crippen LogP) is 5.50. The molecule has 27 heavy (non-hydrogen) atoms. The van der Waals surface area contributed by atoms with E-state index < -0.39 is 0 Å². The molecule has 2 N–H and O–H groups in total. The zero-order chi connectivity index (χ0) is 18.8. The van der Waals surface area contributed by atoms with E-state index in [-0.39, 0.29) is 11.8 Å². The highest BCUT2D eigenvalue weighted by Crippen LogP contribution is 2.36. The summed E-state index contributed by atoms with van der Waals surface area (Å²) in [5, 5.41) is 15.8. The summed E-state index contributed by atoms with van der Waals surface area (Å²) < 4.78 is 0. The van der Waals surface area contributed by atoms with Crippen LogP contribution in [0.15, 0.2) is 73.1 Å². The third kappa shape index (κ3) is 3.57. The van der Waals surface area contributed by atoms with Crippen LogP contribution < -0.4 is 5.32 Å². The van der Waals surface area contributed by atoms with Crippen molar-refractivity contribution < 1.29 is 5.11 Å². The van der Waals surface area contributed by atoms with E-state index in [1.165, 1.54) is 5.56 Å². The van der Waals surface area contributed by atoms with Crippen molar-refractivity contribution in [2.45, 2.75) is 13.0 Å². The number of fused-ring (bicyclic) bond motifs is 1. The number of hydrogen-bond donors (Lipinski definition) is 2. The third-order valence-electron chi connectivity index (χ3n) is 4.52. The smallest absolute Gasteiger partial charge is 0.147 e. The fourth-order valence-electron chi connectivity index (χ4n) is 3.11. The van der Waals surface area contributed by atoms with Crippen molar-refractivity contribution in [3.63, 3.8) is 0 Å². The van der Waals surface area contributed by atoms with Crippen LogP contribution in [-0.4, -0.2) is 15.1 Å². The zero-order valence-corrected chi connectivity index (χ0v) is 15.5. The highest BCUT2D eigenvalue weighted by molar-refractivity contribution is 6.30. The summed E-state index contributed by atoms with van der Waals surface area (Å²) in [7, 11) is 0. The Morgan fingerprint density at radius 2 is 1.78 bits per heavy atom. The molecule has 0 saturated heterocycles. The Morgan fingerprint density at radius 1 is 0.963 bits per heavy atom. The second kappa shape index (κ2) is 7.25. The first kappa shape index (κ1) is 17.3. The van der Waals surface area contributed by atoms with Crippen molar-refractivity contribution in [1.29, 1.82) is 0 Å². The van der Waals surface area contributed by atoms with Gasteiger partial charge in [0, 0.05) is 28.4 Å². The largest absolute Gasteiger partial charge is 0.505 e. The number of aromatic nitrogens is 2. The van der Waals surface area contributed by atoms with Gasteiger partial charge in [-0.05, 0) is 30.7 Å². The van der Waals surface area contributed by atoms with Gasteiger partial charge in [-0.25, -0.2) is 4.98 Å². The Hall–Kier alpha value is -3.11. The van der Waals surface area contributed by atoms with Crippen LogP contribution >= 0.6 is 11.6 Å². The van der Waals surface area contributed by atoms with Gasteiger partial charge < -0.3 is 10.4 Å². The number of anilines is 1. The van der Waals surface area contributed by atoms with Gasteiger partial charge in [0.15, 0.2) is 0 Å². The van der Waals surface area contributed by atoms with Gasteiger partial charge in [-0.2, -0.15) is 0 Å². The van der Waals surface area contributed by atoms with E-state index in [0.29, 0.717) is 16.4 Å². The minimum atomic E-state index is -0.303. The molecule has 0 fully saturated rings. The second-order valence-electron chi connectivity index (χ2n) is 6.43. The van der Waals surface area contributed by atoms with Crippen LogP contribution in [0.4, 0.5) is 5.82 Å². The van der Waals surface area contributed by atoms with Gasteiger partial charge in [0.25, 0.3) is 0 Å². The van der Waals surface area contributed by atoms with E-state index in [9.17, 15) is 5.11 Å². The molecule has 1 unspecified atom stereocenters. The summed E-state index contributed by atoms with van der Waals surface area (Å²) in [6.45, 7) is 2.04. The maximum atomic E-state index is 10.9. The average Bonchev–Trinajstić information content (AvgIpc) is 2.68. The Kier molecular flexibility index (Phi) is 4.65. The number of nitrogens with zero attached hydrogens (tertiary/aromatic N) is 2. The molecule has 4 nitrogen and oxygen atoms in total. The van der Waals surface area contributed by atoms with Gasteiger partial charge in [-0.3, -0.25) is 4.98 Å². The number of hydrogen-bond acceptors (Lipinski definition) is 4. The van der Waals surface area contributed by atoms with Gasteiger partial charge >= 0.3 is 0 Å². The summed E-state index contributed by atoms with van der Waals surface area (Å²) in [5.41, 5.74) is 3.48. The Bertz CT molecular complexity index is 1100. The lowest BCUT2D eigenvalue weighted by atomic mass is 9.95. The van der Waals surface area contributed by atoms with Crippen molar-refractivity contribution in [3.8, 4) is 5.75 Å². The highest BCUT2D eigenvalue weighted by atomic mass is 35.5. The van der Waals surface area contributed by atoms with Gasteiger partial charge in [0.2, 0.25) is 0 Å². The van der Waals surface area contributed by atoms with Crippen LogP contribution in [0.1, 0.15) is 22.7 Å². The lowest BCUT2D eigenvalue weighted by Gasteiger charge is -2.22. The Labute approximate surface area is 162 Å². The van der Waals surface area contributed by atoms with Crippen LogP contribution in [0.3, 0.4) is 0 Å². The number of halogens is 1. The highest BCUT2D eigenvalue weighted by Gasteiger charge is 2.20. The van der Waals surface area contributed by atoms with Crippen molar-refractivity contribution in [2.75, 3.05) is 5.32 Å². The van der Waals surface area contributed by atoms with Crippen molar-refractivity contribution in [3.05, 3.63) is 94.8 Å². The van der Waals surface area contributed by atoms with Gasteiger partial charge in [-0.1, -0.05) is 59.6 Å². The van der Waals surface area contributed by atoms with E-state index >= 15 is 0 Å². The minimum Gasteiger partial charge on any atom is -0.505 e. The summed E-state index contributed by atoms with van der Waals surface area (Å²) in [6.07, 6.45) is 3.33. The first-order chi connectivity index (χ1) is 13.1. The van der Waals surface area contributed by atoms with E-state index in [1.54, 1.807) is 24.5 Å². The van der Waals surface area contributed by atoms with Gasteiger partial charge in [0.05, 0.1) is 6.04 Å². The van der Waals surface area contributed by atoms with Crippen molar-refractivity contribution in [2.24, 2.45) is 0 Å². The predicted molar refractivity (Wildman–Crippen MR) is 109 cm³/mol. The van der Waals surface area contributed by atoms with E-state index in [1.807, 2.05) is 55.5 Å². The fraction of sp³-hybridized carbons (Fsp3) is 0.0909. The molecule has 0 spiro atoms. The summed E-state index contributed by atoms with van der Waals surface area (Å²) in [4.78, 5) is 8.69. The molecule has 134 valence electrons. The van der Waals surface area contributed by atoms with Crippen LogP contribution in [0.25, 0.3) is 10.9 Å². The Balaban J connectivity index is 1.84. The van der Waals surface area contributed by atoms with Crippen molar-refractivity contribution in [1.82, 2.24) is 9.97 Å². The fourth-order valence-corrected chi connectivity index (χ4v) is 3.27. The monoisotopic (exact) mass is 375 g/mol. The molecule has 0 aliphatic carbocycles. The first-order valence-corrected chi connectivity index (χ1v) is 9.01. The van der Waals surface area contributed by atoms with Gasteiger partial charge in [-0.15, -0.1) is 0 Å². The topological polar surface area (TPSA) is 58.0 Å². The molecule has 5 heteroatoms. The lowest BCUT2D eigenvalue weighted by Crippen LogP contribution is -2.13. The average molecular weight is 376 g/mol. The Morgan fingerprint density at radius 3 is 2.56 bits per heavy atom. The first-order valence-electron chi connectivity index (χ1n) is 8.63. The molecule has 4 rings (SSSR count). The molecule has 0 radical (unpaired) electrons. The van der Waals surface area contributed by atoms with Crippen LogP contribution in [-0.2, 0) is 0 Å². The molecule has 4 aromatic rings. The molecule has 0 aliphatic rings. The molecule has 0 saturated carbocycles. The van der Waals surface area contributed by atoms with Crippen LogP contribution in [0, 0.1) is 6.92 Å². The van der Waals surface area contributed by atoms with E-state index in [4.69, 9.17) is 11.6 Å². The van der Waals surface area contributed by atoms with Crippen LogP contribution in [0.5, 0.6) is 5.75 Å². The summed E-state index contributed by atoms with van der Waals surface area (Å²) in [6, 6.07) is 19.0. The standard InChI is InChI=1S/C22H18ClN3O/c1-14-4-6-16(7-5-14)20(26-19-13-17(23)10-12-24-19)18-9-8-15-3-2-11-25-21(15)22(18)27/h2-13,20,27H,1H3,(H,24,26). The SMILES string of the molecule is Cc1ccc(C(Nc2cc(Cl)ccn2)c2ccc3cccnc3c2O)cc1. The number of aromatic hydroxyl groups is 1. The molecule has 2 aromatic carbocycles. The van der Waals surface area contributed by atoms with Gasteiger partial charge in [0.1, 0.15) is 17.1 Å². The summed E-state index contributed by atoms with van der Waals surface area (Å²) in [5.74, 6) is 0.793. The normalized spacial score (nSPS) is 12.1. The quantitative estimate of drug-likeness (QED) is 0.494. The van der Waals surface area contributed by atoms with E-state index in [2.05, 4.69) is 15.3 Å². The van der Waals surface area contributed by atoms with Crippen LogP contribution in [0.2, 0.25) is 5.02 Å². The second-order valence-corrected chi connectivity index (χ2v) is 6.86. The lowest BCUT2D eigenvalue weighted by molar-refractivity contribution is 0.471. The minimum absolute atomic E-state index is 0.160. The molecule has 0 bridgehead atoms. The zero-order valence-electron chi connectivity index (χ0n) is 14.7. The molecule has 0 aliphatic heterocycles. The molecule has 2 heterocycles. The molecule has 2 aromatic heterocycles. The van der Waals surface area contributed by atoms with Crippen molar-refractivity contribution >= 4 is 28.3 Å². The maximum Gasteiger partial charge on any atom is 0.147 e. The molecular formula is C22H18ClN3O. The molecule has 0 amide bonds.